The van der Waals surface area contributed by atoms with E-state index >= 15 is 0 Å². The highest BCUT2D eigenvalue weighted by Crippen LogP contribution is 2.45. The van der Waals surface area contributed by atoms with E-state index in [4.69, 9.17) is 0 Å². The lowest BCUT2D eigenvalue weighted by molar-refractivity contribution is 0.145. The summed E-state index contributed by atoms with van der Waals surface area (Å²) in [4.78, 5) is 4.27. The number of rotatable bonds is 2. The molecule has 0 aliphatic heterocycles. The Kier molecular flexibility index (Phi) is 1.64. The van der Waals surface area contributed by atoms with Gasteiger partial charge in [-0.05, 0) is 18.8 Å². The van der Waals surface area contributed by atoms with Gasteiger partial charge in [-0.15, -0.1) is 11.3 Å². The summed E-state index contributed by atoms with van der Waals surface area (Å²) in [6, 6.07) is 0. The van der Waals surface area contributed by atoms with Gasteiger partial charge in [-0.2, -0.15) is 0 Å². The maximum Gasteiger partial charge on any atom is 0.281 e. The van der Waals surface area contributed by atoms with Crippen LogP contribution in [0.15, 0.2) is 0 Å². The molecule has 4 heteroatoms. The Hall–Kier alpha value is -0.510. The number of hydrogen-bond donors (Lipinski definition) is 0. The monoisotopic (exact) mass is 174 g/mol. The van der Waals surface area contributed by atoms with Gasteiger partial charge in [0, 0.05) is 4.88 Å². The second-order valence-corrected chi connectivity index (χ2v) is 3.46. The Labute approximate surface area is 67.1 Å². The van der Waals surface area contributed by atoms with Crippen LogP contribution in [0.1, 0.15) is 35.8 Å². The van der Waals surface area contributed by atoms with E-state index in [2.05, 4.69) is 10.5 Å². The first-order chi connectivity index (χ1) is 5.29. The molecule has 0 bridgehead atoms. The third-order valence-electron chi connectivity index (χ3n) is 1.73. The lowest BCUT2D eigenvalue weighted by Gasteiger charge is -1.96. The van der Waals surface area contributed by atoms with E-state index in [0.717, 1.165) is 17.7 Å². The van der Waals surface area contributed by atoms with Crippen LogP contribution in [0, 0.1) is 5.51 Å². The highest BCUT2D eigenvalue weighted by atomic mass is 32.1. The van der Waals surface area contributed by atoms with E-state index in [-0.39, 0.29) is 5.69 Å². The zero-order chi connectivity index (χ0) is 7.84. The quantitative estimate of drug-likeness (QED) is 0.671. The smallest absolute Gasteiger partial charge is 0.232 e. The summed E-state index contributed by atoms with van der Waals surface area (Å²) in [6.45, 7) is 0. The highest BCUT2D eigenvalue weighted by Gasteiger charge is 2.30. The first-order valence-electron chi connectivity index (χ1n) is 3.44. The van der Waals surface area contributed by atoms with Crippen molar-refractivity contribution in [1.29, 1.82) is 0 Å². The van der Waals surface area contributed by atoms with Gasteiger partial charge in [0.15, 0.2) is 5.51 Å². The molecule has 1 aromatic heterocycles. The third-order valence-corrected chi connectivity index (χ3v) is 2.67. The minimum atomic E-state index is -2.42. The van der Waals surface area contributed by atoms with Gasteiger partial charge in [0.25, 0.3) is 6.43 Å². The lowest BCUT2D eigenvalue weighted by Crippen LogP contribution is -1.88. The minimum absolute atomic E-state index is 0.0440. The largest absolute Gasteiger partial charge is 0.281 e. The number of thiazole rings is 1. The molecule has 0 saturated heterocycles. The summed E-state index contributed by atoms with van der Waals surface area (Å²) in [7, 11) is 0. The molecule has 1 aliphatic carbocycles. The highest BCUT2D eigenvalue weighted by molar-refractivity contribution is 7.09. The Morgan fingerprint density at radius 1 is 1.55 bits per heavy atom. The molecule has 0 amide bonds. The van der Waals surface area contributed by atoms with Gasteiger partial charge < -0.3 is 0 Å². The molecular weight excluding hydrogens is 168 g/mol. The summed E-state index contributed by atoms with van der Waals surface area (Å²) < 4.78 is 24.3. The molecule has 1 fully saturated rings. The fourth-order valence-corrected chi connectivity index (χ4v) is 1.91. The summed E-state index contributed by atoms with van der Waals surface area (Å²) in [5.41, 5.74) is 2.47. The zero-order valence-electron chi connectivity index (χ0n) is 5.68. The van der Waals surface area contributed by atoms with Crippen molar-refractivity contribution < 1.29 is 8.78 Å². The molecular formula is C7H6F2NS. The van der Waals surface area contributed by atoms with Crippen molar-refractivity contribution in [3.05, 3.63) is 16.1 Å². The fourth-order valence-electron chi connectivity index (χ4n) is 1.02. The van der Waals surface area contributed by atoms with Crippen LogP contribution in [0.2, 0.25) is 0 Å². The van der Waals surface area contributed by atoms with Crippen molar-refractivity contribution in [3.63, 3.8) is 0 Å². The van der Waals surface area contributed by atoms with Crippen LogP contribution >= 0.6 is 11.3 Å². The van der Waals surface area contributed by atoms with Gasteiger partial charge in [-0.1, -0.05) is 0 Å². The van der Waals surface area contributed by atoms with Crippen molar-refractivity contribution in [2.24, 2.45) is 0 Å². The third kappa shape index (κ3) is 1.27. The van der Waals surface area contributed by atoms with Gasteiger partial charge >= 0.3 is 0 Å². The second-order valence-electron chi connectivity index (χ2n) is 2.63. The molecule has 1 saturated carbocycles. The maximum atomic E-state index is 12.2. The molecule has 0 atom stereocenters. The Balaban J connectivity index is 2.30. The van der Waals surface area contributed by atoms with E-state index in [1.807, 2.05) is 0 Å². The molecule has 11 heavy (non-hydrogen) atoms. The van der Waals surface area contributed by atoms with Crippen LogP contribution in [-0.4, -0.2) is 4.98 Å². The molecule has 1 radical (unpaired) electrons. The average molecular weight is 174 g/mol. The van der Waals surface area contributed by atoms with Gasteiger partial charge in [0.2, 0.25) is 0 Å². The molecule has 2 rings (SSSR count). The number of hydrogen-bond acceptors (Lipinski definition) is 2. The van der Waals surface area contributed by atoms with E-state index in [1.165, 1.54) is 11.3 Å². The van der Waals surface area contributed by atoms with Gasteiger partial charge in [0.05, 0.1) is 0 Å². The van der Waals surface area contributed by atoms with Crippen molar-refractivity contribution in [1.82, 2.24) is 4.98 Å². The number of aromatic nitrogens is 1. The summed E-state index contributed by atoms with van der Waals surface area (Å²) in [5.74, 6) is 0.364. The number of halogens is 2. The second kappa shape index (κ2) is 2.52. The lowest BCUT2D eigenvalue weighted by atomic mass is 10.3. The van der Waals surface area contributed by atoms with Crippen LogP contribution in [0.25, 0.3) is 0 Å². The average Bonchev–Trinajstić information content (AvgIpc) is 2.68. The Morgan fingerprint density at radius 3 is 2.82 bits per heavy atom. The Bertz CT molecular complexity index is 238. The van der Waals surface area contributed by atoms with Gasteiger partial charge in [-0.25, -0.2) is 13.8 Å². The van der Waals surface area contributed by atoms with Gasteiger partial charge in [0.1, 0.15) is 5.69 Å². The molecule has 1 nitrogen and oxygen atoms in total. The Morgan fingerprint density at radius 2 is 2.27 bits per heavy atom. The maximum absolute atomic E-state index is 12.2. The van der Waals surface area contributed by atoms with Crippen LogP contribution in [0.3, 0.4) is 0 Å². The van der Waals surface area contributed by atoms with Crippen molar-refractivity contribution in [2.45, 2.75) is 25.2 Å². The topological polar surface area (TPSA) is 12.9 Å². The first-order valence-corrected chi connectivity index (χ1v) is 4.25. The predicted molar refractivity (Wildman–Crippen MR) is 37.9 cm³/mol. The number of alkyl halides is 2. The molecule has 1 aliphatic rings. The first kappa shape index (κ1) is 7.16. The summed E-state index contributed by atoms with van der Waals surface area (Å²) in [5, 5.41) is 0. The fraction of sp³-hybridized carbons (Fsp3) is 0.571. The molecule has 0 N–H and O–H groups in total. The van der Waals surface area contributed by atoms with E-state index in [9.17, 15) is 8.78 Å². The number of nitrogens with zero attached hydrogens (tertiary/aromatic N) is 1. The molecule has 0 spiro atoms. The van der Waals surface area contributed by atoms with Gasteiger partial charge in [-0.3, -0.25) is 0 Å². The van der Waals surface area contributed by atoms with E-state index in [1.54, 1.807) is 0 Å². The molecule has 0 unspecified atom stereocenters. The standard InChI is InChI=1S/C7H6F2NS/c8-7(9)5-6(4-1-2-4)11-3-10-5/h4,7H,1-2H2. The van der Waals surface area contributed by atoms with E-state index in [0.29, 0.717) is 5.92 Å². The molecule has 1 heterocycles. The van der Waals surface area contributed by atoms with Crippen molar-refractivity contribution >= 4 is 11.3 Å². The summed E-state index contributed by atoms with van der Waals surface area (Å²) in [6.07, 6.45) is -0.348. The van der Waals surface area contributed by atoms with Crippen LogP contribution in [-0.2, 0) is 0 Å². The molecule has 0 aromatic carbocycles. The molecule has 59 valence electrons. The van der Waals surface area contributed by atoms with E-state index < -0.39 is 6.43 Å². The SMILES string of the molecule is FC(F)c1n[c]sc1C1CC1. The van der Waals surface area contributed by atoms with Crippen LogP contribution < -0.4 is 0 Å². The van der Waals surface area contributed by atoms with Crippen LogP contribution in [0.4, 0.5) is 8.78 Å². The zero-order valence-corrected chi connectivity index (χ0v) is 6.50. The normalized spacial score (nSPS) is 17.7. The molecule has 1 aromatic rings. The van der Waals surface area contributed by atoms with Crippen molar-refractivity contribution in [3.8, 4) is 0 Å². The summed E-state index contributed by atoms with van der Waals surface area (Å²) >= 11 is 1.23. The van der Waals surface area contributed by atoms with Crippen molar-refractivity contribution in [2.75, 3.05) is 0 Å². The van der Waals surface area contributed by atoms with Crippen LogP contribution in [0.5, 0.6) is 0 Å². The minimum Gasteiger partial charge on any atom is -0.232 e. The predicted octanol–water partition coefficient (Wildman–Crippen LogP) is 2.76.